The summed E-state index contributed by atoms with van der Waals surface area (Å²) in [7, 11) is 0. The van der Waals surface area contributed by atoms with E-state index in [1.807, 2.05) is 30.3 Å². The molecule has 3 aromatic rings. The second-order valence-corrected chi connectivity index (χ2v) is 7.97. The summed E-state index contributed by atoms with van der Waals surface area (Å²) in [5, 5.41) is 17.0. The Balaban J connectivity index is 1.29. The molecule has 4 rings (SSSR count). The molecule has 8 nitrogen and oxygen atoms in total. The number of ether oxygens (including phenoxy) is 2. The predicted octanol–water partition coefficient (Wildman–Crippen LogP) is 4.87. The van der Waals surface area contributed by atoms with Gasteiger partial charge in [0.05, 0.1) is 12.3 Å². The fraction of sp³-hybridized carbons (Fsp3) is 0.417. The molecule has 1 amide bonds. The number of amides is 1. The van der Waals surface area contributed by atoms with Crippen LogP contribution in [0.3, 0.4) is 0 Å². The number of nitrogens with one attached hydrogen (secondary N) is 2. The zero-order chi connectivity index (χ0) is 22.2. The number of aromatic nitrogens is 4. The van der Waals surface area contributed by atoms with E-state index < -0.39 is 0 Å². The largest absolute Gasteiger partial charge is 0.494 e. The number of para-hydroxylation sites is 1. The number of fused-ring (bicyclic) bond motifs is 1. The molecule has 1 aliphatic rings. The minimum atomic E-state index is -0.315. The molecule has 32 heavy (non-hydrogen) atoms. The van der Waals surface area contributed by atoms with Crippen LogP contribution in [0, 0.1) is 0 Å². The molecular formula is C24H29N5O3. The summed E-state index contributed by atoms with van der Waals surface area (Å²) in [4.78, 5) is 12.8. The number of unbranched alkanes of at least 4 members (excludes halogenated alkanes) is 5. The zero-order valence-electron chi connectivity index (χ0n) is 18.3. The number of carbonyl (C=O) groups is 1. The fourth-order valence-electron chi connectivity index (χ4n) is 3.79. The summed E-state index contributed by atoms with van der Waals surface area (Å²) in [6, 6.07) is 12.9. The van der Waals surface area contributed by atoms with Crippen LogP contribution in [0.15, 0.2) is 42.5 Å². The van der Waals surface area contributed by atoms with Gasteiger partial charge in [-0.05, 0) is 36.8 Å². The molecule has 0 saturated heterocycles. The average molecular weight is 436 g/mol. The molecule has 0 fully saturated rings. The first kappa shape index (κ1) is 21.8. The number of H-pyrrole nitrogens is 1. The summed E-state index contributed by atoms with van der Waals surface area (Å²) in [6.07, 6.45) is 7.69. The summed E-state index contributed by atoms with van der Waals surface area (Å²) >= 11 is 0. The molecule has 0 aliphatic carbocycles. The van der Waals surface area contributed by atoms with Crippen molar-refractivity contribution in [2.45, 2.75) is 58.0 Å². The van der Waals surface area contributed by atoms with E-state index in [2.05, 4.69) is 32.9 Å². The third-order valence-corrected chi connectivity index (χ3v) is 5.54. The lowest BCUT2D eigenvalue weighted by atomic mass is 10.1. The Hall–Kier alpha value is -3.42. The molecule has 0 saturated carbocycles. The lowest BCUT2D eigenvalue weighted by molar-refractivity contribution is 0.102. The van der Waals surface area contributed by atoms with Gasteiger partial charge in [0, 0.05) is 17.5 Å². The minimum Gasteiger partial charge on any atom is -0.494 e. The molecular weight excluding hydrogens is 406 g/mol. The first-order valence-corrected chi connectivity index (χ1v) is 11.3. The Bertz CT molecular complexity index is 1000. The SMILES string of the molecule is CCCCCCCCOc1ccc(C(=O)Nc2cccc3c2OC(c2nn[nH]n2)C3)cc1. The standard InChI is InChI=1S/C24H29N5O3/c1-2-3-4-5-6-7-15-31-19-13-11-17(12-14-19)24(30)25-20-10-8-9-18-16-21(32-22(18)20)23-26-28-29-27-23/h8-14,21H,2-7,15-16H2,1H3,(H,25,30)(H,26,27,28,29). The maximum absolute atomic E-state index is 12.8. The van der Waals surface area contributed by atoms with E-state index in [-0.39, 0.29) is 12.0 Å². The number of rotatable bonds is 11. The van der Waals surface area contributed by atoms with Crippen molar-refractivity contribution in [3.63, 3.8) is 0 Å². The molecule has 8 heteroatoms. The number of aromatic amines is 1. The van der Waals surface area contributed by atoms with E-state index >= 15 is 0 Å². The monoisotopic (exact) mass is 435 g/mol. The molecule has 0 spiro atoms. The maximum atomic E-state index is 12.8. The number of hydrogen-bond donors (Lipinski definition) is 2. The summed E-state index contributed by atoms with van der Waals surface area (Å²) < 4.78 is 11.8. The van der Waals surface area contributed by atoms with Crippen molar-refractivity contribution in [1.29, 1.82) is 0 Å². The zero-order valence-corrected chi connectivity index (χ0v) is 18.3. The highest BCUT2D eigenvalue weighted by Gasteiger charge is 2.30. The fourth-order valence-corrected chi connectivity index (χ4v) is 3.79. The Morgan fingerprint density at radius 3 is 2.72 bits per heavy atom. The number of hydrogen-bond acceptors (Lipinski definition) is 6. The van der Waals surface area contributed by atoms with Gasteiger partial charge in [-0.25, -0.2) is 0 Å². The van der Waals surface area contributed by atoms with Gasteiger partial charge < -0.3 is 14.8 Å². The van der Waals surface area contributed by atoms with Crippen molar-refractivity contribution in [2.75, 3.05) is 11.9 Å². The van der Waals surface area contributed by atoms with Crippen molar-refractivity contribution in [3.8, 4) is 11.5 Å². The second kappa shape index (κ2) is 10.7. The quantitative estimate of drug-likeness (QED) is 0.417. The van der Waals surface area contributed by atoms with Crippen LogP contribution >= 0.6 is 0 Å². The van der Waals surface area contributed by atoms with Crippen molar-refractivity contribution in [1.82, 2.24) is 20.6 Å². The van der Waals surface area contributed by atoms with E-state index in [4.69, 9.17) is 9.47 Å². The van der Waals surface area contributed by atoms with E-state index in [0.717, 1.165) is 17.7 Å². The molecule has 2 heterocycles. The summed E-state index contributed by atoms with van der Waals surface area (Å²) in [5.41, 5.74) is 2.18. The maximum Gasteiger partial charge on any atom is 0.255 e. The van der Waals surface area contributed by atoms with Gasteiger partial charge >= 0.3 is 0 Å². The Labute approximate surface area is 187 Å². The number of benzene rings is 2. The van der Waals surface area contributed by atoms with Crippen LogP contribution < -0.4 is 14.8 Å². The van der Waals surface area contributed by atoms with Gasteiger partial charge in [-0.2, -0.15) is 5.21 Å². The third-order valence-electron chi connectivity index (χ3n) is 5.54. The van der Waals surface area contributed by atoms with Crippen molar-refractivity contribution < 1.29 is 14.3 Å². The van der Waals surface area contributed by atoms with Gasteiger partial charge in [0.1, 0.15) is 11.5 Å². The van der Waals surface area contributed by atoms with Gasteiger partial charge in [0.15, 0.2) is 6.10 Å². The first-order chi connectivity index (χ1) is 15.7. The van der Waals surface area contributed by atoms with E-state index in [9.17, 15) is 4.79 Å². The lowest BCUT2D eigenvalue weighted by Crippen LogP contribution is -2.13. The van der Waals surface area contributed by atoms with Crippen molar-refractivity contribution in [3.05, 3.63) is 59.4 Å². The van der Waals surface area contributed by atoms with Gasteiger partial charge in [-0.1, -0.05) is 56.4 Å². The van der Waals surface area contributed by atoms with Crippen LogP contribution in [0.1, 0.15) is 73.3 Å². The highest BCUT2D eigenvalue weighted by molar-refractivity contribution is 6.05. The van der Waals surface area contributed by atoms with E-state index in [1.54, 1.807) is 12.1 Å². The van der Waals surface area contributed by atoms with Crippen LogP contribution in [-0.4, -0.2) is 33.1 Å². The van der Waals surface area contributed by atoms with Crippen LogP contribution in [0.5, 0.6) is 11.5 Å². The second-order valence-electron chi connectivity index (χ2n) is 7.97. The number of anilines is 1. The first-order valence-electron chi connectivity index (χ1n) is 11.3. The molecule has 2 aromatic carbocycles. The number of tetrazole rings is 1. The van der Waals surface area contributed by atoms with Gasteiger partial charge in [0.25, 0.3) is 5.91 Å². The molecule has 0 radical (unpaired) electrons. The van der Waals surface area contributed by atoms with Crippen molar-refractivity contribution >= 4 is 11.6 Å². The molecule has 168 valence electrons. The van der Waals surface area contributed by atoms with E-state index in [0.29, 0.717) is 35.9 Å². The molecule has 1 aromatic heterocycles. The van der Waals surface area contributed by atoms with Crippen LogP contribution in [-0.2, 0) is 6.42 Å². The van der Waals surface area contributed by atoms with Gasteiger partial charge in [-0.15, -0.1) is 10.2 Å². The van der Waals surface area contributed by atoms with E-state index in [1.165, 1.54) is 32.1 Å². The number of carbonyl (C=O) groups excluding carboxylic acids is 1. The normalized spacial score (nSPS) is 14.6. The predicted molar refractivity (Wildman–Crippen MR) is 121 cm³/mol. The lowest BCUT2D eigenvalue weighted by Gasteiger charge is -2.12. The van der Waals surface area contributed by atoms with Crippen LogP contribution in [0.2, 0.25) is 0 Å². The Kier molecular flexibility index (Phi) is 7.32. The summed E-state index contributed by atoms with van der Waals surface area (Å²) in [5.74, 6) is 1.72. The topological polar surface area (TPSA) is 102 Å². The molecule has 1 atom stereocenters. The number of nitrogens with zero attached hydrogens (tertiary/aromatic N) is 3. The molecule has 1 unspecified atom stereocenters. The van der Waals surface area contributed by atoms with Crippen molar-refractivity contribution in [2.24, 2.45) is 0 Å². The average Bonchev–Trinajstić information content (AvgIpc) is 3.49. The van der Waals surface area contributed by atoms with Gasteiger partial charge in [0.2, 0.25) is 5.82 Å². The van der Waals surface area contributed by atoms with Crippen LogP contribution in [0.25, 0.3) is 0 Å². The highest BCUT2D eigenvalue weighted by atomic mass is 16.5. The third kappa shape index (κ3) is 5.43. The van der Waals surface area contributed by atoms with Crippen LogP contribution in [0.4, 0.5) is 5.69 Å². The Morgan fingerprint density at radius 2 is 1.94 bits per heavy atom. The molecule has 2 N–H and O–H groups in total. The highest BCUT2D eigenvalue weighted by Crippen LogP contribution is 2.40. The smallest absolute Gasteiger partial charge is 0.255 e. The van der Waals surface area contributed by atoms with Gasteiger partial charge in [-0.3, -0.25) is 4.79 Å². The molecule has 1 aliphatic heterocycles. The summed E-state index contributed by atoms with van der Waals surface area (Å²) in [6.45, 7) is 2.92. The molecule has 0 bridgehead atoms. The Morgan fingerprint density at radius 1 is 1.12 bits per heavy atom. The minimum absolute atomic E-state index is 0.201.